The molecule has 0 radical (unpaired) electrons. The molecule has 2 amide bonds. The zero-order valence-electron chi connectivity index (χ0n) is 13.9. The summed E-state index contributed by atoms with van der Waals surface area (Å²) in [6, 6.07) is 6.27. The van der Waals surface area contributed by atoms with Gasteiger partial charge in [0.2, 0.25) is 5.91 Å². The van der Waals surface area contributed by atoms with Gasteiger partial charge in [0, 0.05) is 17.2 Å². The molecule has 0 atom stereocenters. The van der Waals surface area contributed by atoms with Crippen molar-refractivity contribution in [3.05, 3.63) is 29.8 Å². The van der Waals surface area contributed by atoms with E-state index in [0.717, 1.165) is 32.1 Å². The van der Waals surface area contributed by atoms with Gasteiger partial charge in [-0.25, -0.2) is 8.78 Å². The summed E-state index contributed by atoms with van der Waals surface area (Å²) in [4.78, 5) is 24.2. The standard InChI is InChI=1S/C17H23F2N3O2.ClH/c18-17(19,10-20)11-21-15(23)13-7-4-8-14(9-13)22-16(24)12-5-2-1-3-6-12;/h4,7-9,12H,1-3,5-6,10-11,20H2,(H,21,23)(H,22,24);1H. The molecular weight excluding hydrogens is 352 g/mol. The fraction of sp³-hybridized carbons (Fsp3) is 0.529. The highest BCUT2D eigenvalue weighted by Crippen LogP contribution is 2.25. The molecular formula is C17H24ClF2N3O2. The SMILES string of the molecule is Cl.NCC(F)(F)CNC(=O)c1cccc(NC(=O)C2CCCCC2)c1. The molecule has 1 fully saturated rings. The summed E-state index contributed by atoms with van der Waals surface area (Å²) in [5.41, 5.74) is 5.63. The first kappa shape index (κ1) is 21.3. The van der Waals surface area contributed by atoms with Crippen LogP contribution < -0.4 is 16.4 Å². The average molecular weight is 376 g/mol. The van der Waals surface area contributed by atoms with Crippen molar-refractivity contribution in [2.24, 2.45) is 11.7 Å². The van der Waals surface area contributed by atoms with E-state index in [0.29, 0.717) is 5.69 Å². The maximum absolute atomic E-state index is 13.1. The summed E-state index contributed by atoms with van der Waals surface area (Å²) in [6.07, 6.45) is 5.01. The molecule has 0 unspecified atom stereocenters. The molecule has 1 saturated carbocycles. The van der Waals surface area contributed by atoms with Gasteiger partial charge >= 0.3 is 0 Å². The molecule has 25 heavy (non-hydrogen) atoms. The Bertz CT molecular complexity index is 593. The van der Waals surface area contributed by atoms with Crippen molar-refractivity contribution < 1.29 is 18.4 Å². The van der Waals surface area contributed by atoms with Gasteiger partial charge in [-0.1, -0.05) is 25.3 Å². The minimum absolute atomic E-state index is 0. The first-order chi connectivity index (χ1) is 11.4. The van der Waals surface area contributed by atoms with E-state index in [9.17, 15) is 18.4 Å². The van der Waals surface area contributed by atoms with Crippen LogP contribution in [0.3, 0.4) is 0 Å². The van der Waals surface area contributed by atoms with Crippen LogP contribution in [0.2, 0.25) is 0 Å². The maximum Gasteiger partial charge on any atom is 0.277 e. The molecule has 0 spiro atoms. The largest absolute Gasteiger partial charge is 0.346 e. The van der Waals surface area contributed by atoms with Gasteiger partial charge in [-0.05, 0) is 31.0 Å². The fourth-order valence-electron chi connectivity index (χ4n) is 2.73. The number of carbonyl (C=O) groups is 2. The Labute approximate surface area is 152 Å². The quantitative estimate of drug-likeness (QED) is 0.714. The zero-order chi connectivity index (χ0) is 17.6. The second-order valence-corrected chi connectivity index (χ2v) is 6.15. The van der Waals surface area contributed by atoms with E-state index in [2.05, 4.69) is 10.6 Å². The highest BCUT2D eigenvalue weighted by Gasteiger charge is 2.27. The van der Waals surface area contributed by atoms with Crippen LogP contribution in [-0.4, -0.2) is 30.8 Å². The molecule has 0 heterocycles. The molecule has 1 aliphatic rings. The minimum atomic E-state index is -3.14. The number of amides is 2. The highest BCUT2D eigenvalue weighted by atomic mass is 35.5. The predicted octanol–water partition coefficient (Wildman–Crippen LogP) is 2.95. The summed E-state index contributed by atoms with van der Waals surface area (Å²) in [6.45, 7) is -1.65. The first-order valence-electron chi connectivity index (χ1n) is 8.18. The van der Waals surface area contributed by atoms with Gasteiger partial charge in [0.25, 0.3) is 11.8 Å². The van der Waals surface area contributed by atoms with E-state index in [4.69, 9.17) is 5.73 Å². The number of nitrogens with two attached hydrogens (primary N) is 1. The van der Waals surface area contributed by atoms with Gasteiger partial charge in [-0.3, -0.25) is 9.59 Å². The van der Waals surface area contributed by atoms with Crippen molar-refractivity contribution in [1.29, 1.82) is 0 Å². The number of hydrogen-bond acceptors (Lipinski definition) is 3. The highest BCUT2D eigenvalue weighted by molar-refractivity contribution is 5.97. The Hall–Kier alpha value is -1.73. The number of carbonyl (C=O) groups excluding carboxylic acids is 2. The lowest BCUT2D eigenvalue weighted by molar-refractivity contribution is -0.120. The van der Waals surface area contributed by atoms with Gasteiger partial charge in [0.15, 0.2) is 0 Å². The molecule has 1 aromatic rings. The lowest BCUT2D eigenvalue weighted by atomic mass is 9.88. The Balaban J connectivity index is 0.00000312. The van der Waals surface area contributed by atoms with Gasteiger partial charge in [-0.2, -0.15) is 0 Å². The topological polar surface area (TPSA) is 84.2 Å². The van der Waals surface area contributed by atoms with Crippen LogP contribution in [-0.2, 0) is 4.79 Å². The second-order valence-electron chi connectivity index (χ2n) is 6.15. The lowest BCUT2D eigenvalue weighted by Crippen LogP contribution is -2.41. The summed E-state index contributed by atoms with van der Waals surface area (Å²) >= 11 is 0. The van der Waals surface area contributed by atoms with Crippen molar-refractivity contribution in [3.8, 4) is 0 Å². The number of halogens is 3. The van der Waals surface area contributed by atoms with Crippen molar-refractivity contribution in [2.75, 3.05) is 18.4 Å². The van der Waals surface area contributed by atoms with Crippen molar-refractivity contribution >= 4 is 29.9 Å². The Morgan fingerprint density at radius 1 is 1.20 bits per heavy atom. The molecule has 8 heteroatoms. The van der Waals surface area contributed by atoms with Crippen LogP contribution in [0, 0.1) is 5.92 Å². The molecule has 5 nitrogen and oxygen atoms in total. The van der Waals surface area contributed by atoms with E-state index in [-0.39, 0.29) is 29.8 Å². The third-order valence-corrected chi connectivity index (χ3v) is 4.17. The summed E-state index contributed by atoms with van der Waals surface area (Å²) < 4.78 is 26.2. The van der Waals surface area contributed by atoms with E-state index >= 15 is 0 Å². The molecule has 2 rings (SSSR count). The van der Waals surface area contributed by atoms with Crippen LogP contribution >= 0.6 is 12.4 Å². The molecule has 0 aliphatic heterocycles. The van der Waals surface area contributed by atoms with E-state index in [1.54, 1.807) is 12.1 Å². The van der Waals surface area contributed by atoms with Crippen LogP contribution in [0.5, 0.6) is 0 Å². The molecule has 140 valence electrons. The number of alkyl halides is 2. The third-order valence-electron chi connectivity index (χ3n) is 4.17. The van der Waals surface area contributed by atoms with Crippen LogP contribution in [0.4, 0.5) is 14.5 Å². The van der Waals surface area contributed by atoms with E-state index in [1.165, 1.54) is 12.1 Å². The van der Waals surface area contributed by atoms with E-state index < -0.39 is 24.9 Å². The molecule has 4 N–H and O–H groups in total. The second kappa shape index (κ2) is 9.68. The molecule has 0 bridgehead atoms. The molecule has 1 aliphatic carbocycles. The summed E-state index contributed by atoms with van der Waals surface area (Å²) in [5.74, 6) is -3.82. The van der Waals surface area contributed by atoms with Gasteiger partial charge in [0.05, 0.1) is 13.1 Å². The monoisotopic (exact) mass is 375 g/mol. The first-order valence-corrected chi connectivity index (χ1v) is 8.18. The Morgan fingerprint density at radius 2 is 1.88 bits per heavy atom. The normalized spacial score (nSPS) is 15.2. The van der Waals surface area contributed by atoms with Gasteiger partial charge in [-0.15, -0.1) is 12.4 Å². The third kappa shape index (κ3) is 6.59. The van der Waals surface area contributed by atoms with E-state index in [1.807, 2.05) is 0 Å². The number of hydrogen-bond donors (Lipinski definition) is 3. The van der Waals surface area contributed by atoms with Crippen LogP contribution in [0.25, 0.3) is 0 Å². The Morgan fingerprint density at radius 3 is 2.52 bits per heavy atom. The Kier molecular flexibility index (Phi) is 8.25. The van der Waals surface area contributed by atoms with Crippen molar-refractivity contribution in [2.45, 2.75) is 38.0 Å². The minimum Gasteiger partial charge on any atom is -0.346 e. The number of nitrogens with one attached hydrogen (secondary N) is 2. The number of anilines is 1. The fourth-order valence-corrected chi connectivity index (χ4v) is 2.73. The summed E-state index contributed by atoms with van der Waals surface area (Å²) in [7, 11) is 0. The van der Waals surface area contributed by atoms with Crippen LogP contribution in [0.15, 0.2) is 24.3 Å². The van der Waals surface area contributed by atoms with Crippen molar-refractivity contribution in [3.63, 3.8) is 0 Å². The van der Waals surface area contributed by atoms with Crippen molar-refractivity contribution in [1.82, 2.24) is 5.32 Å². The average Bonchev–Trinajstić information content (AvgIpc) is 2.60. The molecule has 0 aromatic heterocycles. The zero-order valence-corrected chi connectivity index (χ0v) is 14.7. The number of rotatable bonds is 6. The summed E-state index contributed by atoms with van der Waals surface area (Å²) in [5, 5.41) is 4.96. The van der Waals surface area contributed by atoms with Gasteiger partial charge in [0.1, 0.15) is 0 Å². The lowest BCUT2D eigenvalue weighted by Gasteiger charge is -2.21. The van der Waals surface area contributed by atoms with Crippen LogP contribution in [0.1, 0.15) is 42.5 Å². The maximum atomic E-state index is 13.1. The predicted molar refractivity (Wildman–Crippen MR) is 95.2 cm³/mol. The van der Waals surface area contributed by atoms with Gasteiger partial charge < -0.3 is 16.4 Å². The molecule has 1 aromatic carbocycles. The molecule has 0 saturated heterocycles. The smallest absolute Gasteiger partial charge is 0.277 e. The number of benzene rings is 1.